The molecule has 0 amide bonds. The normalized spacial score (nSPS) is 13.9. The van der Waals surface area contributed by atoms with Crippen molar-refractivity contribution in [1.82, 2.24) is 4.98 Å². The summed E-state index contributed by atoms with van der Waals surface area (Å²) in [5, 5.41) is 0. The van der Waals surface area contributed by atoms with Gasteiger partial charge in [0, 0.05) is 22.4 Å². The van der Waals surface area contributed by atoms with Crippen LogP contribution in [-0.4, -0.2) is 16.7 Å². The number of ether oxygens (including phenoxy) is 2. The highest BCUT2D eigenvalue weighted by Crippen LogP contribution is 2.39. The van der Waals surface area contributed by atoms with E-state index in [1.807, 2.05) is 6.07 Å². The van der Waals surface area contributed by atoms with Crippen molar-refractivity contribution in [2.45, 2.75) is 6.92 Å². The third-order valence-electron chi connectivity index (χ3n) is 4.34. The molecule has 1 aliphatic rings. The summed E-state index contributed by atoms with van der Waals surface area (Å²) in [6.07, 6.45) is 4.95. The number of nitrogens with zero attached hydrogens (tertiary/aromatic N) is 1. The van der Waals surface area contributed by atoms with E-state index in [2.05, 4.69) is 20.9 Å². The third kappa shape index (κ3) is 3.34. The molecular weight excluding hydrogens is 422 g/mol. The van der Waals surface area contributed by atoms with Crippen LogP contribution in [0.2, 0.25) is 0 Å². The topological polar surface area (TPSA) is 65.5 Å². The largest absolute Gasteiger partial charge is 0.452 e. The number of ketones is 1. The number of benzene rings is 2. The van der Waals surface area contributed by atoms with Gasteiger partial charge in [-0.25, -0.2) is 4.79 Å². The number of fused-ring (bicyclic) bond motifs is 1. The highest BCUT2D eigenvalue weighted by Gasteiger charge is 2.30. The van der Waals surface area contributed by atoms with Gasteiger partial charge in [0.2, 0.25) is 5.78 Å². The third-order valence-corrected chi connectivity index (χ3v) is 5.03. The molecule has 28 heavy (non-hydrogen) atoms. The zero-order chi connectivity index (χ0) is 19.7. The first-order valence-electron chi connectivity index (χ1n) is 8.49. The zero-order valence-corrected chi connectivity index (χ0v) is 16.4. The number of esters is 1. The Hall–Kier alpha value is -3.25. The van der Waals surface area contributed by atoms with Gasteiger partial charge in [0.1, 0.15) is 11.5 Å². The molecule has 5 nitrogen and oxygen atoms in total. The standard InChI is InChI=1S/C22H14BrNO4/c1-13-18(28-22(26)15-4-2-3-5-17(15)23)7-6-16-20(25)19(27-21(13)16)12-14-8-10-24-11-9-14/h2-12H,1H3/b19-12-. The molecule has 0 saturated heterocycles. The molecule has 0 saturated carbocycles. The fraction of sp³-hybridized carbons (Fsp3) is 0.0455. The average molecular weight is 436 g/mol. The Bertz CT molecular complexity index is 1120. The van der Waals surface area contributed by atoms with E-state index in [-0.39, 0.29) is 11.5 Å². The molecule has 1 aromatic heterocycles. The van der Waals surface area contributed by atoms with E-state index in [1.165, 1.54) is 0 Å². The van der Waals surface area contributed by atoms with Crippen LogP contribution in [0.4, 0.5) is 0 Å². The van der Waals surface area contributed by atoms with Crippen LogP contribution in [0.1, 0.15) is 31.8 Å². The average Bonchev–Trinajstić information content (AvgIpc) is 3.01. The van der Waals surface area contributed by atoms with Gasteiger partial charge in [-0.05, 0) is 70.9 Å². The van der Waals surface area contributed by atoms with Crippen molar-refractivity contribution in [2.75, 3.05) is 0 Å². The van der Waals surface area contributed by atoms with Crippen LogP contribution < -0.4 is 9.47 Å². The number of Topliss-reactive ketones (excluding diaryl/α,β-unsaturated/α-hetero) is 1. The lowest BCUT2D eigenvalue weighted by molar-refractivity contribution is 0.0732. The first-order valence-corrected chi connectivity index (χ1v) is 9.28. The molecule has 0 radical (unpaired) electrons. The minimum Gasteiger partial charge on any atom is -0.452 e. The number of rotatable bonds is 3. The second-order valence-electron chi connectivity index (χ2n) is 6.16. The smallest absolute Gasteiger partial charge is 0.344 e. The lowest BCUT2D eigenvalue weighted by atomic mass is 10.1. The summed E-state index contributed by atoms with van der Waals surface area (Å²) in [7, 11) is 0. The maximum Gasteiger partial charge on any atom is 0.344 e. The SMILES string of the molecule is Cc1c(OC(=O)c2ccccc2Br)ccc2c1O/C(=C\c1ccncc1)C2=O. The maximum absolute atomic E-state index is 12.6. The Morgan fingerprint density at radius 3 is 2.61 bits per heavy atom. The summed E-state index contributed by atoms with van der Waals surface area (Å²) >= 11 is 3.34. The summed E-state index contributed by atoms with van der Waals surface area (Å²) in [6, 6.07) is 13.8. The Balaban J connectivity index is 1.63. The minimum absolute atomic E-state index is 0.210. The van der Waals surface area contributed by atoms with Crippen LogP contribution in [0.3, 0.4) is 0 Å². The van der Waals surface area contributed by atoms with E-state index in [4.69, 9.17) is 9.47 Å². The molecule has 0 bridgehead atoms. The molecular formula is C22H14BrNO4. The van der Waals surface area contributed by atoms with Gasteiger partial charge in [-0.3, -0.25) is 9.78 Å². The van der Waals surface area contributed by atoms with Gasteiger partial charge in [0.05, 0.1) is 11.1 Å². The quantitative estimate of drug-likeness (QED) is 0.329. The molecule has 0 atom stereocenters. The number of hydrogen-bond acceptors (Lipinski definition) is 5. The van der Waals surface area contributed by atoms with Gasteiger partial charge in [-0.1, -0.05) is 12.1 Å². The van der Waals surface area contributed by atoms with E-state index in [0.717, 1.165) is 5.56 Å². The van der Waals surface area contributed by atoms with Gasteiger partial charge in [0.15, 0.2) is 5.76 Å². The van der Waals surface area contributed by atoms with Crippen LogP contribution in [0.5, 0.6) is 11.5 Å². The van der Waals surface area contributed by atoms with E-state index >= 15 is 0 Å². The molecule has 0 aliphatic carbocycles. The Labute approximate surface area is 169 Å². The van der Waals surface area contributed by atoms with E-state index < -0.39 is 5.97 Å². The van der Waals surface area contributed by atoms with Crippen molar-refractivity contribution in [3.8, 4) is 11.5 Å². The summed E-state index contributed by atoms with van der Waals surface area (Å²) in [5.41, 5.74) is 2.25. The lowest BCUT2D eigenvalue weighted by Crippen LogP contribution is -2.10. The molecule has 1 aliphatic heterocycles. The van der Waals surface area contributed by atoms with Crippen LogP contribution >= 0.6 is 15.9 Å². The van der Waals surface area contributed by atoms with Gasteiger partial charge < -0.3 is 9.47 Å². The number of aromatic nitrogens is 1. The van der Waals surface area contributed by atoms with E-state index in [9.17, 15) is 9.59 Å². The summed E-state index contributed by atoms with van der Waals surface area (Å²) in [5.74, 6) is 0.268. The molecule has 0 fully saturated rings. The van der Waals surface area contributed by atoms with E-state index in [0.29, 0.717) is 32.7 Å². The predicted octanol–water partition coefficient (Wildman–Crippen LogP) is 4.99. The summed E-state index contributed by atoms with van der Waals surface area (Å²) in [4.78, 5) is 29.1. The Morgan fingerprint density at radius 2 is 1.86 bits per heavy atom. The number of allylic oxidation sites excluding steroid dienone is 1. The summed E-state index contributed by atoms with van der Waals surface area (Å²) < 4.78 is 12.0. The van der Waals surface area contributed by atoms with E-state index in [1.54, 1.807) is 67.9 Å². The molecule has 0 unspecified atom stereocenters. The first-order chi connectivity index (χ1) is 13.5. The second-order valence-corrected chi connectivity index (χ2v) is 7.01. The van der Waals surface area contributed by atoms with Crippen LogP contribution in [0.15, 0.2) is 71.2 Å². The molecule has 6 heteroatoms. The van der Waals surface area contributed by atoms with Gasteiger partial charge in [0.25, 0.3) is 0 Å². The van der Waals surface area contributed by atoms with Crippen molar-refractivity contribution in [2.24, 2.45) is 0 Å². The number of halogens is 1. The molecule has 0 N–H and O–H groups in total. The fourth-order valence-corrected chi connectivity index (χ4v) is 3.32. The van der Waals surface area contributed by atoms with Crippen LogP contribution in [-0.2, 0) is 0 Å². The molecule has 2 aromatic carbocycles. The Kier molecular flexibility index (Phi) is 4.79. The fourth-order valence-electron chi connectivity index (χ4n) is 2.87. The maximum atomic E-state index is 12.6. The molecule has 138 valence electrons. The number of hydrogen-bond donors (Lipinski definition) is 0. The van der Waals surface area contributed by atoms with Crippen molar-refractivity contribution in [3.63, 3.8) is 0 Å². The number of carbonyl (C=O) groups is 2. The minimum atomic E-state index is -0.493. The molecule has 4 rings (SSSR count). The number of pyridine rings is 1. The highest BCUT2D eigenvalue weighted by molar-refractivity contribution is 9.10. The monoisotopic (exact) mass is 435 g/mol. The van der Waals surface area contributed by atoms with Crippen molar-refractivity contribution < 1.29 is 19.1 Å². The second kappa shape index (κ2) is 7.40. The predicted molar refractivity (Wildman–Crippen MR) is 107 cm³/mol. The first kappa shape index (κ1) is 18.1. The Morgan fingerprint density at radius 1 is 1.11 bits per heavy atom. The van der Waals surface area contributed by atoms with Gasteiger partial charge in [-0.15, -0.1) is 0 Å². The molecule has 2 heterocycles. The van der Waals surface area contributed by atoms with Gasteiger partial charge in [-0.2, -0.15) is 0 Å². The number of carbonyl (C=O) groups excluding carboxylic acids is 2. The van der Waals surface area contributed by atoms with Crippen LogP contribution in [0, 0.1) is 6.92 Å². The van der Waals surface area contributed by atoms with Gasteiger partial charge >= 0.3 is 5.97 Å². The van der Waals surface area contributed by atoms with Crippen LogP contribution in [0.25, 0.3) is 6.08 Å². The van der Waals surface area contributed by atoms with Crippen molar-refractivity contribution in [3.05, 3.63) is 93.4 Å². The zero-order valence-electron chi connectivity index (χ0n) is 14.8. The highest BCUT2D eigenvalue weighted by atomic mass is 79.9. The lowest BCUT2D eigenvalue weighted by Gasteiger charge is -2.10. The molecule has 0 spiro atoms. The van der Waals surface area contributed by atoms with Crippen molar-refractivity contribution in [1.29, 1.82) is 0 Å². The molecule has 3 aromatic rings. The van der Waals surface area contributed by atoms with Crippen molar-refractivity contribution >= 4 is 33.8 Å². The summed E-state index contributed by atoms with van der Waals surface area (Å²) in [6.45, 7) is 1.75.